The molecular formula is C9H9Br2N3S. The van der Waals surface area contributed by atoms with Crippen LogP contribution in [0.2, 0.25) is 0 Å². The van der Waals surface area contributed by atoms with Crippen molar-refractivity contribution in [3.05, 3.63) is 20.0 Å². The van der Waals surface area contributed by atoms with Crippen molar-refractivity contribution in [3.8, 4) is 11.4 Å². The van der Waals surface area contributed by atoms with Crippen molar-refractivity contribution in [2.45, 2.75) is 19.9 Å². The molecule has 0 N–H and O–H groups in total. The Kier molecular flexibility index (Phi) is 3.58. The quantitative estimate of drug-likeness (QED) is 0.839. The Labute approximate surface area is 109 Å². The van der Waals surface area contributed by atoms with Gasteiger partial charge in [-0.05, 0) is 44.3 Å². The van der Waals surface area contributed by atoms with E-state index in [-0.39, 0.29) is 0 Å². The SMILES string of the molecule is CCCn1cnnc1-c1cc(Br)sc1Br. The molecule has 0 saturated carbocycles. The molecule has 6 heteroatoms. The highest BCUT2D eigenvalue weighted by Gasteiger charge is 2.13. The van der Waals surface area contributed by atoms with E-state index in [0.29, 0.717) is 0 Å². The Balaban J connectivity index is 2.44. The van der Waals surface area contributed by atoms with E-state index >= 15 is 0 Å². The van der Waals surface area contributed by atoms with Crippen molar-refractivity contribution < 1.29 is 0 Å². The Morgan fingerprint density at radius 1 is 1.47 bits per heavy atom. The third-order valence-electron chi connectivity index (χ3n) is 1.98. The average Bonchev–Trinajstić information content (AvgIpc) is 2.73. The van der Waals surface area contributed by atoms with Crippen LogP contribution in [0.1, 0.15) is 13.3 Å². The molecular weight excluding hydrogens is 342 g/mol. The van der Waals surface area contributed by atoms with Crippen molar-refractivity contribution in [2.75, 3.05) is 0 Å². The van der Waals surface area contributed by atoms with Gasteiger partial charge in [0.15, 0.2) is 5.82 Å². The topological polar surface area (TPSA) is 30.7 Å². The molecule has 0 aromatic carbocycles. The largest absolute Gasteiger partial charge is 0.314 e. The van der Waals surface area contributed by atoms with Gasteiger partial charge in [0.2, 0.25) is 0 Å². The number of rotatable bonds is 3. The summed E-state index contributed by atoms with van der Waals surface area (Å²) in [5.74, 6) is 0.922. The zero-order valence-corrected chi connectivity index (χ0v) is 12.1. The minimum absolute atomic E-state index is 0.922. The molecule has 0 fully saturated rings. The Hall–Kier alpha value is -0.200. The van der Waals surface area contributed by atoms with E-state index in [1.807, 2.05) is 0 Å². The minimum Gasteiger partial charge on any atom is -0.314 e. The van der Waals surface area contributed by atoms with Crippen LogP contribution in [0.3, 0.4) is 0 Å². The highest BCUT2D eigenvalue weighted by molar-refractivity contribution is 9.12. The van der Waals surface area contributed by atoms with Gasteiger partial charge in [-0.3, -0.25) is 0 Å². The summed E-state index contributed by atoms with van der Waals surface area (Å²) >= 11 is 8.64. The summed E-state index contributed by atoms with van der Waals surface area (Å²) in [6, 6.07) is 2.06. The summed E-state index contributed by atoms with van der Waals surface area (Å²) in [6.45, 7) is 3.09. The molecule has 0 amide bonds. The molecule has 2 rings (SSSR count). The number of nitrogens with zero attached hydrogens (tertiary/aromatic N) is 3. The van der Waals surface area contributed by atoms with Gasteiger partial charge in [0.25, 0.3) is 0 Å². The van der Waals surface area contributed by atoms with E-state index in [4.69, 9.17) is 0 Å². The van der Waals surface area contributed by atoms with Gasteiger partial charge < -0.3 is 4.57 Å². The molecule has 2 aromatic heterocycles. The highest BCUT2D eigenvalue weighted by atomic mass is 79.9. The lowest BCUT2D eigenvalue weighted by Crippen LogP contribution is -1.97. The number of aryl methyl sites for hydroxylation is 1. The van der Waals surface area contributed by atoms with Crippen LogP contribution in [-0.2, 0) is 6.54 Å². The van der Waals surface area contributed by atoms with Crippen LogP contribution in [0.25, 0.3) is 11.4 Å². The maximum Gasteiger partial charge on any atom is 0.165 e. The van der Waals surface area contributed by atoms with E-state index in [9.17, 15) is 0 Å². The second kappa shape index (κ2) is 4.76. The van der Waals surface area contributed by atoms with Crippen LogP contribution in [-0.4, -0.2) is 14.8 Å². The summed E-state index contributed by atoms with van der Waals surface area (Å²) in [4.78, 5) is 0. The average molecular weight is 351 g/mol. The molecule has 2 aromatic rings. The zero-order valence-electron chi connectivity index (χ0n) is 8.07. The molecule has 0 aliphatic carbocycles. The van der Waals surface area contributed by atoms with E-state index in [1.165, 1.54) is 0 Å². The Morgan fingerprint density at radius 3 is 2.87 bits per heavy atom. The van der Waals surface area contributed by atoms with Crippen LogP contribution < -0.4 is 0 Å². The summed E-state index contributed by atoms with van der Waals surface area (Å²) in [6.07, 6.45) is 2.85. The number of aromatic nitrogens is 3. The first kappa shape index (κ1) is 11.3. The fraction of sp³-hybridized carbons (Fsp3) is 0.333. The van der Waals surface area contributed by atoms with E-state index < -0.39 is 0 Å². The van der Waals surface area contributed by atoms with Crippen molar-refractivity contribution in [3.63, 3.8) is 0 Å². The van der Waals surface area contributed by atoms with Crippen molar-refractivity contribution in [1.29, 1.82) is 0 Å². The predicted octanol–water partition coefficient (Wildman–Crippen LogP) is 3.94. The molecule has 0 bridgehead atoms. The predicted molar refractivity (Wildman–Crippen MR) is 69.0 cm³/mol. The summed E-state index contributed by atoms with van der Waals surface area (Å²) < 4.78 is 4.24. The molecule has 3 nitrogen and oxygen atoms in total. The van der Waals surface area contributed by atoms with Gasteiger partial charge in [-0.1, -0.05) is 6.92 Å². The van der Waals surface area contributed by atoms with Crippen LogP contribution in [0.5, 0.6) is 0 Å². The lowest BCUT2D eigenvalue weighted by molar-refractivity contribution is 0.683. The normalized spacial score (nSPS) is 10.9. The molecule has 0 aliphatic heterocycles. The molecule has 0 unspecified atom stereocenters. The number of hydrogen-bond acceptors (Lipinski definition) is 3. The standard InChI is InChI=1S/C9H9Br2N3S/c1-2-3-14-5-12-13-9(14)6-4-7(10)15-8(6)11/h4-5H,2-3H2,1H3. The van der Waals surface area contributed by atoms with Crippen molar-refractivity contribution in [1.82, 2.24) is 14.8 Å². The van der Waals surface area contributed by atoms with Crippen molar-refractivity contribution in [2.24, 2.45) is 0 Å². The van der Waals surface area contributed by atoms with E-state index in [1.54, 1.807) is 17.7 Å². The van der Waals surface area contributed by atoms with Gasteiger partial charge in [-0.15, -0.1) is 21.5 Å². The van der Waals surface area contributed by atoms with E-state index in [2.05, 4.69) is 59.6 Å². The summed E-state index contributed by atoms with van der Waals surface area (Å²) in [5.41, 5.74) is 1.10. The van der Waals surface area contributed by atoms with Crippen LogP contribution >= 0.6 is 43.2 Å². The Bertz CT molecular complexity index is 464. The maximum absolute atomic E-state index is 4.15. The molecule has 15 heavy (non-hydrogen) atoms. The van der Waals surface area contributed by atoms with Gasteiger partial charge in [0.05, 0.1) is 7.57 Å². The van der Waals surface area contributed by atoms with Gasteiger partial charge >= 0.3 is 0 Å². The third-order valence-corrected chi connectivity index (χ3v) is 4.32. The third kappa shape index (κ3) is 2.32. The van der Waals surface area contributed by atoms with E-state index in [0.717, 1.165) is 31.9 Å². The molecule has 80 valence electrons. The minimum atomic E-state index is 0.922. The first-order chi connectivity index (χ1) is 7.22. The molecule has 0 saturated heterocycles. The molecule has 0 aliphatic rings. The summed E-state index contributed by atoms with van der Waals surface area (Å²) in [5, 5.41) is 8.10. The van der Waals surface area contributed by atoms with Crippen LogP contribution in [0.4, 0.5) is 0 Å². The Morgan fingerprint density at radius 2 is 2.27 bits per heavy atom. The molecule has 2 heterocycles. The fourth-order valence-corrected chi connectivity index (χ4v) is 4.15. The van der Waals surface area contributed by atoms with Gasteiger partial charge in [-0.2, -0.15) is 0 Å². The first-order valence-electron chi connectivity index (χ1n) is 4.55. The lowest BCUT2D eigenvalue weighted by Gasteiger charge is -2.02. The second-order valence-electron chi connectivity index (χ2n) is 3.09. The molecule has 0 atom stereocenters. The zero-order chi connectivity index (χ0) is 10.8. The van der Waals surface area contributed by atoms with Gasteiger partial charge in [0.1, 0.15) is 6.33 Å². The smallest absolute Gasteiger partial charge is 0.165 e. The monoisotopic (exact) mass is 349 g/mol. The first-order valence-corrected chi connectivity index (χ1v) is 6.95. The number of hydrogen-bond donors (Lipinski definition) is 0. The lowest BCUT2D eigenvalue weighted by atomic mass is 10.3. The number of thiophene rings is 1. The summed E-state index contributed by atoms with van der Waals surface area (Å²) in [7, 11) is 0. The van der Waals surface area contributed by atoms with Gasteiger partial charge in [0, 0.05) is 12.1 Å². The number of halogens is 2. The maximum atomic E-state index is 4.15. The second-order valence-corrected chi connectivity index (χ2v) is 6.84. The fourth-order valence-electron chi connectivity index (χ4n) is 1.36. The van der Waals surface area contributed by atoms with Gasteiger partial charge in [-0.25, -0.2) is 0 Å². The molecule has 0 spiro atoms. The van der Waals surface area contributed by atoms with Crippen molar-refractivity contribution >= 4 is 43.2 Å². The molecule has 0 radical (unpaired) electrons. The van der Waals surface area contributed by atoms with Crippen LogP contribution in [0.15, 0.2) is 20.0 Å². The van der Waals surface area contributed by atoms with Crippen LogP contribution in [0, 0.1) is 0 Å². The highest BCUT2D eigenvalue weighted by Crippen LogP contribution is 2.37.